The summed E-state index contributed by atoms with van der Waals surface area (Å²) in [6, 6.07) is 2.91. The Kier molecular flexibility index (Phi) is 4.17. The van der Waals surface area contributed by atoms with Crippen LogP contribution in [-0.4, -0.2) is 41.1 Å². The number of hydrogen-bond acceptors (Lipinski definition) is 4. The van der Waals surface area contributed by atoms with E-state index in [0.29, 0.717) is 23.3 Å². The van der Waals surface area contributed by atoms with Gasteiger partial charge in [-0.2, -0.15) is 0 Å². The summed E-state index contributed by atoms with van der Waals surface area (Å²) in [6.07, 6.45) is 0.583. The molecular weight excluding hydrogens is 328 g/mol. The smallest absolute Gasteiger partial charge is 0.337 e. The molecule has 20 heavy (non-hydrogen) atoms. The number of nitrogen functional groups attached to an aromatic ring is 1. The van der Waals surface area contributed by atoms with Gasteiger partial charge in [-0.05, 0) is 28.1 Å². The molecule has 6 nitrogen and oxygen atoms in total. The fraction of sp³-hybridized carbons (Fsp3) is 0.385. The number of hydrogen-bond donors (Lipinski definition) is 2. The number of halogens is 1. The molecule has 0 spiro atoms. The van der Waals surface area contributed by atoms with Crippen LogP contribution < -0.4 is 10.5 Å². The highest BCUT2D eigenvalue weighted by Gasteiger charge is 2.26. The van der Waals surface area contributed by atoms with E-state index in [4.69, 9.17) is 15.6 Å². The normalized spacial score (nSPS) is 18.1. The van der Waals surface area contributed by atoms with Gasteiger partial charge in [0.05, 0.1) is 16.6 Å². The van der Waals surface area contributed by atoms with Gasteiger partial charge in [-0.25, -0.2) is 4.79 Å². The Hall–Kier alpha value is -1.76. The topological polar surface area (TPSA) is 92.9 Å². The molecule has 108 valence electrons. The summed E-state index contributed by atoms with van der Waals surface area (Å²) in [6.45, 7) is 2.68. The Balaban J connectivity index is 2.16. The molecular formula is C13H15BrN2O4. The van der Waals surface area contributed by atoms with Crippen molar-refractivity contribution in [3.63, 3.8) is 0 Å². The first-order valence-corrected chi connectivity index (χ1v) is 6.92. The number of carboxylic acid groups (broad SMARTS) is 1. The molecule has 1 aromatic rings. The lowest BCUT2D eigenvalue weighted by Crippen LogP contribution is -2.28. The number of carbonyl (C=O) groups is 2. The first-order valence-electron chi connectivity index (χ1n) is 6.13. The highest BCUT2D eigenvalue weighted by atomic mass is 79.9. The lowest BCUT2D eigenvalue weighted by atomic mass is 10.1. The van der Waals surface area contributed by atoms with Crippen molar-refractivity contribution in [3.05, 3.63) is 22.2 Å². The SMILES string of the molecule is CC(=O)N1CC[C@H](Oc2cc(C(=O)O)c(N)cc2Br)C1. The number of nitrogens with two attached hydrogens (primary N) is 1. The minimum Gasteiger partial charge on any atom is -0.487 e. The van der Waals surface area contributed by atoms with Crippen molar-refractivity contribution >= 4 is 33.5 Å². The van der Waals surface area contributed by atoms with Gasteiger partial charge in [0.25, 0.3) is 0 Å². The van der Waals surface area contributed by atoms with E-state index in [1.165, 1.54) is 19.1 Å². The van der Waals surface area contributed by atoms with E-state index in [9.17, 15) is 9.59 Å². The van der Waals surface area contributed by atoms with Crippen LogP contribution in [0, 0.1) is 0 Å². The Bertz CT molecular complexity index is 562. The molecule has 1 amide bonds. The summed E-state index contributed by atoms with van der Waals surface area (Å²) in [5.41, 5.74) is 5.82. The van der Waals surface area contributed by atoms with Gasteiger partial charge in [0, 0.05) is 25.6 Å². The molecule has 1 fully saturated rings. The number of rotatable bonds is 3. The second kappa shape index (κ2) is 5.70. The van der Waals surface area contributed by atoms with E-state index in [1.54, 1.807) is 4.90 Å². The van der Waals surface area contributed by atoms with Crippen LogP contribution in [0.15, 0.2) is 16.6 Å². The highest BCUT2D eigenvalue weighted by molar-refractivity contribution is 9.10. The Morgan fingerprint density at radius 2 is 2.20 bits per heavy atom. The van der Waals surface area contributed by atoms with Gasteiger partial charge in [-0.15, -0.1) is 0 Å². The van der Waals surface area contributed by atoms with Crippen LogP contribution in [0.2, 0.25) is 0 Å². The number of carboxylic acids is 1. The number of ether oxygens (including phenoxy) is 1. The summed E-state index contributed by atoms with van der Waals surface area (Å²) < 4.78 is 6.37. The van der Waals surface area contributed by atoms with Gasteiger partial charge in [-0.3, -0.25) is 4.79 Å². The first-order chi connectivity index (χ1) is 9.38. The predicted octanol–water partition coefficient (Wildman–Crippen LogP) is 1.73. The monoisotopic (exact) mass is 342 g/mol. The molecule has 0 unspecified atom stereocenters. The molecule has 0 bridgehead atoms. The Labute approximate surface area is 124 Å². The van der Waals surface area contributed by atoms with Crippen molar-refractivity contribution < 1.29 is 19.4 Å². The number of aromatic carboxylic acids is 1. The van der Waals surface area contributed by atoms with E-state index >= 15 is 0 Å². The molecule has 2 rings (SSSR count). The van der Waals surface area contributed by atoms with Crippen LogP contribution in [0.1, 0.15) is 23.7 Å². The fourth-order valence-corrected chi connectivity index (χ4v) is 2.59. The van der Waals surface area contributed by atoms with Crippen molar-refractivity contribution in [1.29, 1.82) is 0 Å². The van der Waals surface area contributed by atoms with E-state index in [0.717, 1.165) is 6.42 Å². The standard InChI is InChI=1S/C13H15BrN2O4/c1-7(17)16-3-2-8(6-16)20-12-4-9(13(18)19)11(15)5-10(12)14/h4-5,8H,2-3,6,15H2,1H3,(H,18,19)/t8-/m0/s1. The van der Waals surface area contributed by atoms with E-state index in [-0.39, 0.29) is 23.3 Å². The lowest BCUT2D eigenvalue weighted by Gasteiger charge is -2.17. The summed E-state index contributed by atoms with van der Waals surface area (Å²) in [5.74, 6) is -0.665. The lowest BCUT2D eigenvalue weighted by molar-refractivity contribution is -0.128. The molecule has 1 aliphatic rings. The van der Waals surface area contributed by atoms with Crippen LogP contribution in [0.3, 0.4) is 0 Å². The van der Waals surface area contributed by atoms with E-state index < -0.39 is 5.97 Å². The summed E-state index contributed by atoms with van der Waals surface area (Å²) in [7, 11) is 0. The Morgan fingerprint density at radius 3 is 2.75 bits per heavy atom. The van der Waals surface area contributed by atoms with Gasteiger partial charge in [0.2, 0.25) is 5.91 Å². The molecule has 3 N–H and O–H groups in total. The van der Waals surface area contributed by atoms with Gasteiger partial charge < -0.3 is 20.5 Å². The van der Waals surface area contributed by atoms with Gasteiger partial charge >= 0.3 is 5.97 Å². The molecule has 7 heteroatoms. The number of benzene rings is 1. The van der Waals surface area contributed by atoms with E-state index in [2.05, 4.69) is 15.9 Å². The van der Waals surface area contributed by atoms with Crippen LogP contribution in [-0.2, 0) is 4.79 Å². The Morgan fingerprint density at radius 1 is 1.50 bits per heavy atom. The zero-order valence-corrected chi connectivity index (χ0v) is 12.5. The third kappa shape index (κ3) is 3.04. The summed E-state index contributed by atoms with van der Waals surface area (Å²) >= 11 is 3.30. The van der Waals surface area contributed by atoms with Crippen molar-refractivity contribution in [3.8, 4) is 5.75 Å². The second-order valence-corrected chi connectivity index (χ2v) is 5.52. The van der Waals surface area contributed by atoms with Gasteiger partial charge in [0.1, 0.15) is 11.9 Å². The molecule has 1 aliphatic heterocycles. The molecule has 1 heterocycles. The number of anilines is 1. The van der Waals surface area contributed by atoms with E-state index in [1.807, 2.05) is 0 Å². The number of likely N-dealkylation sites (tertiary alicyclic amines) is 1. The fourth-order valence-electron chi connectivity index (χ4n) is 2.13. The molecule has 0 aliphatic carbocycles. The quantitative estimate of drug-likeness (QED) is 0.816. The number of amides is 1. The molecule has 0 saturated carbocycles. The van der Waals surface area contributed by atoms with Crippen LogP contribution in [0.5, 0.6) is 5.75 Å². The maximum absolute atomic E-state index is 11.3. The minimum absolute atomic E-state index is 0.00428. The summed E-state index contributed by atoms with van der Waals surface area (Å²) in [5, 5.41) is 9.05. The maximum Gasteiger partial charge on any atom is 0.337 e. The average Bonchev–Trinajstić information content (AvgIpc) is 2.80. The molecule has 1 aromatic carbocycles. The van der Waals surface area contributed by atoms with Crippen molar-refractivity contribution in [2.45, 2.75) is 19.4 Å². The summed E-state index contributed by atoms with van der Waals surface area (Å²) in [4.78, 5) is 24.0. The average molecular weight is 343 g/mol. The van der Waals surface area contributed by atoms with Gasteiger partial charge in [0.15, 0.2) is 0 Å². The van der Waals surface area contributed by atoms with Crippen LogP contribution in [0.4, 0.5) is 5.69 Å². The first kappa shape index (κ1) is 14.6. The number of carbonyl (C=O) groups excluding carboxylic acids is 1. The van der Waals surface area contributed by atoms with Crippen molar-refractivity contribution in [2.24, 2.45) is 0 Å². The van der Waals surface area contributed by atoms with Crippen molar-refractivity contribution in [1.82, 2.24) is 4.90 Å². The van der Waals surface area contributed by atoms with Gasteiger partial charge in [-0.1, -0.05) is 0 Å². The molecule has 0 aromatic heterocycles. The molecule has 0 radical (unpaired) electrons. The third-order valence-corrected chi connectivity index (χ3v) is 3.84. The zero-order valence-electron chi connectivity index (χ0n) is 10.9. The number of nitrogens with zero attached hydrogens (tertiary/aromatic N) is 1. The van der Waals surface area contributed by atoms with Crippen molar-refractivity contribution in [2.75, 3.05) is 18.8 Å². The van der Waals surface area contributed by atoms with Crippen LogP contribution in [0.25, 0.3) is 0 Å². The largest absolute Gasteiger partial charge is 0.487 e. The zero-order chi connectivity index (χ0) is 14.9. The second-order valence-electron chi connectivity index (χ2n) is 4.67. The van der Waals surface area contributed by atoms with Crippen LogP contribution >= 0.6 is 15.9 Å². The maximum atomic E-state index is 11.3. The predicted molar refractivity (Wildman–Crippen MR) is 76.8 cm³/mol. The molecule has 1 atom stereocenters. The molecule has 1 saturated heterocycles. The highest BCUT2D eigenvalue weighted by Crippen LogP contribution is 2.32. The minimum atomic E-state index is -1.10. The third-order valence-electron chi connectivity index (χ3n) is 3.22.